The lowest BCUT2D eigenvalue weighted by atomic mass is 10.2. The summed E-state index contributed by atoms with van der Waals surface area (Å²) in [6.45, 7) is 0. The van der Waals surface area contributed by atoms with E-state index in [1.807, 2.05) is 0 Å². The summed E-state index contributed by atoms with van der Waals surface area (Å²) in [6, 6.07) is 9.81. The van der Waals surface area contributed by atoms with Crippen LogP contribution < -0.4 is 5.32 Å². The first-order chi connectivity index (χ1) is 11.9. The predicted molar refractivity (Wildman–Crippen MR) is 95.3 cm³/mol. The van der Waals surface area contributed by atoms with Crippen molar-refractivity contribution in [2.24, 2.45) is 4.99 Å². The molecule has 1 aliphatic rings. The summed E-state index contributed by atoms with van der Waals surface area (Å²) in [5.41, 5.74) is 1.03. The van der Waals surface area contributed by atoms with Crippen LogP contribution >= 0.6 is 23.4 Å². The Labute approximate surface area is 150 Å². The molecule has 1 fully saturated rings. The van der Waals surface area contributed by atoms with E-state index in [2.05, 4.69) is 10.3 Å². The number of rotatable bonds is 3. The Kier molecular flexibility index (Phi) is 4.82. The molecule has 2 aromatic carbocycles. The minimum Gasteiger partial charge on any atom is -0.300 e. The second-order valence-electron chi connectivity index (χ2n) is 4.93. The quantitative estimate of drug-likeness (QED) is 0.491. The van der Waals surface area contributed by atoms with Crippen molar-refractivity contribution in [3.8, 4) is 0 Å². The van der Waals surface area contributed by atoms with Crippen molar-refractivity contribution in [2.75, 3.05) is 0 Å². The topological polar surface area (TPSA) is 84.6 Å². The first-order valence-corrected chi connectivity index (χ1v) is 8.11. The van der Waals surface area contributed by atoms with Gasteiger partial charge in [0.15, 0.2) is 5.17 Å². The molecule has 25 heavy (non-hydrogen) atoms. The van der Waals surface area contributed by atoms with E-state index in [1.54, 1.807) is 18.2 Å². The molecule has 0 atom stereocenters. The van der Waals surface area contributed by atoms with Crippen LogP contribution in [0.4, 0.5) is 15.8 Å². The number of carbonyl (C=O) groups excluding carboxylic acids is 1. The van der Waals surface area contributed by atoms with E-state index in [0.717, 1.165) is 11.8 Å². The molecule has 1 heterocycles. The zero-order chi connectivity index (χ0) is 18.0. The highest BCUT2D eigenvalue weighted by Crippen LogP contribution is 2.29. The summed E-state index contributed by atoms with van der Waals surface area (Å²) in [6.07, 6.45) is 1.60. The maximum absolute atomic E-state index is 13.2. The number of nitrogens with one attached hydrogen (secondary N) is 1. The molecule has 1 saturated heterocycles. The van der Waals surface area contributed by atoms with Crippen LogP contribution in [-0.4, -0.2) is 16.0 Å². The molecule has 2 aromatic rings. The molecule has 9 heteroatoms. The predicted octanol–water partition coefficient (Wildman–Crippen LogP) is 4.28. The van der Waals surface area contributed by atoms with Crippen molar-refractivity contribution in [1.29, 1.82) is 0 Å². The average molecular weight is 378 g/mol. The van der Waals surface area contributed by atoms with Crippen molar-refractivity contribution in [2.45, 2.75) is 0 Å². The molecule has 0 radical (unpaired) electrons. The molecule has 0 unspecified atom stereocenters. The van der Waals surface area contributed by atoms with E-state index >= 15 is 0 Å². The Hall–Kier alpha value is -2.71. The Morgan fingerprint density at radius 1 is 1.24 bits per heavy atom. The number of non-ortho nitro benzene ring substituents is 1. The SMILES string of the molecule is O=C1NC(=Nc2ccc(F)c(Cl)c2)SC1=Cc1ccc([N+](=O)[O-])cc1. The highest BCUT2D eigenvalue weighted by molar-refractivity contribution is 8.18. The van der Waals surface area contributed by atoms with Crippen LogP contribution in [0.2, 0.25) is 5.02 Å². The number of nitro groups is 1. The normalized spacial score (nSPS) is 17.1. The van der Waals surface area contributed by atoms with Crippen LogP contribution in [0.5, 0.6) is 0 Å². The summed E-state index contributed by atoms with van der Waals surface area (Å²) in [4.78, 5) is 26.7. The lowest BCUT2D eigenvalue weighted by Crippen LogP contribution is -2.19. The number of aliphatic imine (C=N–C) groups is 1. The number of benzene rings is 2. The highest BCUT2D eigenvalue weighted by atomic mass is 35.5. The Bertz CT molecular complexity index is 929. The molecular formula is C16H9ClFN3O3S. The fourth-order valence-electron chi connectivity index (χ4n) is 2.00. The number of hydrogen-bond acceptors (Lipinski definition) is 5. The molecule has 6 nitrogen and oxygen atoms in total. The number of amides is 1. The smallest absolute Gasteiger partial charge is 0.269 e. The van der Waals surface area contributed by atoms with Crippen molar-refractivity contribution >= 4 is 51.9 Å². The van der Waals surface area contributed by atoms with E-state index in [1.165, 1.54) is 30.3 Å². The van der Waals surface area contributed by atoms with Gasteiger partial charge in [-0.2, -0.15) is 0 Å². The van der Waals surface area contributed by atoms with Crippen molar-refractivity contribution in [3.05, 3.63) is 73.9 Å². The van der Waals surface area contributed by atoms with Crippen LogP contribution in [-0.2, 0) is 4.79 Å². The minimum atomic E-state index is -0.549. The van der Waals surface area contributed by atoms with Gasteiger partial charge in [-0.1, -0.05) is 11.6 Å². The zero-order valence-electron chi connectivity index (χ0n) is 12.4. The van der Waals surface area contributed by atoms with Gasteiger partial charge in [-0.25, -0.2) is 9.38 Å². The maximum atomic E-state index is 13.2. The van der Waals surface area contributed by atoms with Crippen LogP contribution in [0.1, 0.15) is 5.56 Å². The molecule has 126 valence electrons. The van der Waals surface area contributed by atoms with Gasteiger partial charge in [0.05, 0.1) is 20.5 Å². The third kappa shape index (κ3) is 4.04. The molecular weight excluding hydrogens is 369 g/mol. The fraction of sp³-hybridized carbons (Fsp3) is 0. The van der Waals surface area contributed by atoms with Crippen LogP contribution in [0.15, 0.2) is 52.4 Å². The molecule has 0 aromatic heterocycles. The molecule has 1 aliphatic heterocycles. The number of carbonyl (C=O) groups is 1. The molecule has 0 aliphatic carbocycles. The summed E-state index contributed by atoms with van der Waals surface area (Å²) < 4.78 is 13.2. The molecule has 3 rings (SSSR count). The summed E-state index contributed by atoms with van der Waals surface area (Å²) in [5.74, 6) is -0.886. The maximum Gasteiger partial charge on any atom is 0.269 e. The molecule has 0 bridgehead atoms. The first kappa shape index (κ1) is 17.1. The van der Waals surface area contributed by atoms with Crippen molar-refractivity contribution < 1.29 is 14.1 Å². The Morgan fingerprint density at radius 3 is 2.60 bits per heavy atom. The van der Waals surface area contributed by atoms with Gasteiger partial charge in [-0.15, -0.1) is 0 Å². The van der Waals surface area contributed by atoms with Crippen LogP contribution in [0, 0.1) is 15.9 Å². The van der Waals surface area contributed by atoms with Gasteiger partial charge in [-0.05, 0) is 53.7 Å². The van der Waals surface area contributed by atoms with Gasteiger partial charge in [-0.3, -0.25) is 14.9 Å². The standard InChI is InChI=1S/C16H9ClFN3O3S/c17-12-8-10(3-6-13(12)18)19-16-20-15(22)14(25-16)7-9-1-4-11(5-2-9)21(23)24/h1-8H,(H,19,20,22). The minimum absolute atomic E-state index is 0.0267. The molecule has 1 amide bonds. The summed E-state index contributed by atoms with van der Waals surface area (Å²) >= 11 is 6.81. The van der Waals surface area contributed by atoms with Gasteiger partial charge in [0, 0.05) is 12.1 Å². The molecule has 0 spiro atoms. The largest absolute Gasteiger partial charge is 0.300 e. The summed E-state index contributed by atoms with van der Waals surface area (Å²) in [5, 5.41) is 13.5. The lowest BCUT2D eigenvalue weighted by molar-refractivity contribution is -0.384. The average Bonchev–Trinajstić information content (AvgIpc) is 2.91. The van der Waals surface area contributed by atoms with Crippen LogP contribution in [0.25, 0.3) is 6.08 Å². The Morgan fingerprint density at radius 2 is 1.96 bits per heavy atom. The number of amidine groups is 1. The van der Waals surface area contributed by atoms with E-state index in [-0.39, 0.29) is 16.6 Å². The van der Waals surface area contributed by atoms with Gasteiger partial charge < -0.3 is 5.32 Å². The van der Waals surface area contributed by atoms with Gasteiger partial charge in [0.2, 0.25) is 0 Å². The molecule has 1 N–H and O–H groups in total. The van der Waals surface area contributed by atoms with Crippen molar-refractivity contribution in [3.63, 3.8) is 0 Å². The highest BCUT2D eigenvalue weighted by Gasteiger charge is 2.24. The first-order valence-electron chi connectivity index (χ1n) is 6.91. The lowest BCUT2D eigenvalue weighted by Gasteiger charge is -1.98. The van der Waals surface area contributed by atoms with Crippen LogP contribution in [0.3, 0.4) is 0 Å². The number of halogens is 2. The second kappa shape index (κ2) is 7.04. The van der Waals surface area contributed by atoms with Gasteiger partial charge >= 0.3 is 0 Å². The van der Waals surface area contributed by atoms with Crippen molar-refractivity contribution in [1.82, 2.24) is 5.32 Å². The summed E-state index contributed by atoms with van der Waals surface area (Å²) in [7, 11) is 0. The van der Waals surface area contributed by atoms with E-state index in [4.69, 9.17) is 11.6 Å². The third-order valence-corrected chi connectivity index (χ3v) is 4.39. The number of nitro benzene ring substituents is 1. The van der Waals surface area contributed by atoms with E-state index in [0.29, 0.717) is 21.3 Å². The molecule has 0 saturated carbocycles. The number of thioether (sulfide) groups is 1. The van der Waals surface area contributed by atoms with Gasteiger partial charge in [0.25, 0.3) is 11.6 Å². The zero-order valence-corrected chi connectivity index (χ0v) is 14.0. The third-order valence-electron chi connectivity index (χ3n) is 3.19. The fourth-order valence-corrected chi connectivity index (χ4v) is 3.01. The van der Waals surface area contributed by atoms with E-state index in [9.17, 15) is 19.3 Å². The monoisotopic (exact) mass is 377 g/mol. The Balaban J connectivity index is 1.80. The number of hydrogen-bond donors (Lipinski definition) is 1. The van der Waals surface area contributed by atoms with E-state index < -0.39 is 10.7 Å². The van der Waals surface area contributed by atoms with Gasteiger partial charge in [0.1, 0.15) is 5.82 Å². The second-order valence-corrected chi connectivity index (χ2v) is 6.37. The number of nitrogens with zero attached hydrogens (tertiary/aromatic N) is 2.